The Labute approximate surface area is 132 Å². The summed E-state index contributed by atoms with van der Waals surface area (Å²) in [5, 5.41) is 2.86. The summed E-state index contributed by atoms with van der Waals surface area (Å²) in [5.41, 5.74) is -0.372. The number of likely N-dealkylation sites (tertiary alicyclic amines) is 1. The molecule has 0 unspecified atom stereocenters. The van der Waals surface area contributed by atoms with Gasteiger partial charge in [0.25, 0.3) is 0 Å². The van der Waals surface area contributed by atoms with Crippen LogP contribution >= 0.6 is 0 Å². The molecule has 0 aromatic carbocycles. The summed E-state index contributed by atoms with van der Waals surface area (Å²) in [4.78, 5) is 37.1. The van der Waals surface area contributed by atoms with Gasteiger partial charge in [0, 0.05) is 37.4 Å². The largest absolute Gasteiger partial charge is 0.469 e. The molecule has 2 amide bonds. The zero-order valence-electron chi connectivity index (χ0n) is 14.1. The number of nitrogens with one attached hydrogen (secondary N) is 1. The van der Waals surface area contributed by atoms with Crippen LogP contribution in [0.5, 0.6) is 0 Å². The minimum atomic E-state index is -0.372. The summed E-state index contributed by atoms with van der Waals surface area (Å²) >= 11 is 0. The van der Waals surface area contributed by atoms with E-state index >= 15 is 0 Å². The van der Waals surface area contributed by atoms with Crippen LogP contribution in [0, 0.1) is 11.3 Å². The highest BCUT2D eigenvalue weighted by molar-refractivity contribution is 5.82. The Bertz CT molecular complexity index is 407. The number of rotatable bonds is 5. The van der Waals surface area contributed by atoms with Crippen LogP contribution < -0.4 is 5.32 Å². The number of carbonyl (C=O) groups excluding carboxylic acids is 3. The lowest BCUT2D eigenvalue weighted by molar-refractivity contribution is -0.142. The highest BCUT2D eigenvalue weighted by Gasteiger charge is 2.32. The topological polar surface area (TPSA) is 75.7 Å². The predicted molar refractivity (Wildman–Crippen MR) is 83.0 cm³/mol. The summed E-state index contributed by atoms with van der Waals surface area (Å²) in [7, 11) is 1.35. The van der Waals surface area contributed by atoms with Crippen molar-refractivity contribution < 1.29 is 19.1 Å². The maximum atomic E-state index is 12.2. The highest BCUT2D eigenvalue weighted by Crippen LogP contribution is 2.23. The number of hydrogen-bond donors (Lipinski definition) is 1. The fourth-order valence-corrected chi connectivity index (χ4v) is 2.51. The van der Waals surface area contributed by atoms with E-state index < -0.39 is 0 Å². The third-order valence-corrected chi connectivity index (χ3v) is 3.88. The van der Waals surface area contributed by atoms with Crippen molar-refractivity contribution in [3.8, 4) is 0 Å². The van der Waals surface area contributed by atoms with Gasteiger partial charge in [0.1, 0.15) is 0 Å². The molecule has 0 aromatic heterocycles. The van der Waals surface area contributed by atoms with Crippen molar-refractivity contribution in [3.63, 3.8) is 0 Å². The van der Waals surface area contributed by atoms with Crippen molar-refractivity contribution in [2.75, 3.05) is 26.7 Å². The van der Waals surface area contributed by atoms with E-state index in [-0.39, 0.29) is 29.1 Å². The fraction of sp³-hybridized carbons (Fsp3) is 0.812. The molecule has 1 saturated heterocycles. The first kappa shape index (κ1) is 18.5. The minimum absolute atomic E-state index is 0.0210. The molecular weight excluding hydrogens is 284 g/mol. The lowest BCUT2D eigenvalue weighted by atomic mass is 9.90. The molecule has 1 aliphatic rings. The molecule has 0 atom stereocenters. The van der Waals surface area contributed by atoms with E-state index in [0.29, 0.717) is 45.3 Å². The molecule has 1 N–H and O–H groups in total. The zero-order valence-corrected chi connectivity index (χ0v) is 14.1. The quantitative estimate of drug-likeness (QED) is 0.614. The third-order valence-electron chi connectivity index (χ3n) is 3.88. The Hall–Kier alpha value is -1.59. The highest BCUT2D eigenvalue weighted by atomic mass is 16.5. The molecule has 6 heteroatoms. The number of nitrogens with zero attached hydrogens (tertiary/aromatic N) is 1. The molecule has 1 fully saturated rings. The van der Waals surface area contributed by atoms with Crippen LogP contribution in [-0.4, -0.2) is 49.4 Å². The molecule has 0 bridgehead atoms. The Kier molecular flexibility index (Phi) is 6.84. The molecule has 0 saturated carbocycles. The molecule has 6 nitrogen and oxygen atoms in total. The molecule has 1 heterocycles. The number of carbonyl (C=O) groups is 3. The normalized spacial score (nSPS) is 16.3. The van der Waals surface area contributed by atoms with Gasteiger partial charge in [0.05, 0.1) is 7.11 Å². The Morgan fingerprint density at radius 3 is 2.27 bits per heavy atom. The molecule has 0 spiro atoms. The van der Waals surface area contributed by atoms with E-state index in [1.807, 2.05) is 25.7 Å². The zero-order chi connectivity index (χ0) is 16.8. The van der Waals surface area contributed by atoms with Gasteiger partial charge in [-0.05, 0) is 19.3 Å². The monoisotopic (exact) mass is 312 g/mol. The molecule has 0 aliphatic carbocycles. The number of ether oxygens (including phenoxy) is 1. The Morgan fingerprint density at radius 2 is 1.77 bits per heavy atom. The number of methoxy groups -OCH3 is 1. The lowest BCUT2D eigenvalue weighted by Crippen LogP contribution is -2.46. The van der Waals surface area contributed by atoms with Gasteiger partial charge in [-0.25, -0.2) is 0 Å². The predicted octanol–water partition coefficient (Wildman–Crippen LogP) is 1.34. The SMILES string of the molecule is COC(=O)CCCNC(=O)C1CCN(C(=O)C(C)(C)C)CC1. The summed E-state index contributed by atoms with van der Waals surface area (Å²) < 4.78 is 4.55. The summed E-state index contributed by atoms with van der Waals surface area (Å²) in [5.74, 6) is -0.137. The average molecular weight is 312 g/mol. The minimum Gasteiger partial charge on any atom is -0.469 e. The van der Waals surface area contributed by atoms with Crippen molar-refractivity contribution in [3.05, 3.63) is 0 Å². The van der Waals surface area contributed by atoms with E-state index in [9.17, 15) is 14.4 Å². The number of amides is 2. The standard InChI is InChI=1S/C16H28N2O4/c1-16(2,3)15(21)18-10-7-12(8-11-18)14(20)17-9-5-6-13(19)22-4/h12H,5-11H2,1-4H3,(H,17,20). The van der Waals surface area contributed by atoms with Crippen LogP contribution in [0.1, 0.15) is 46.5 Å². The smallest absolute Gasteiger partial charge is 0.305 e. The maximum absolute atomic E-state index is 12.2. The summed E-state index contributed by atoms with van der Waals surface area (Å²) in [6.45, 7) is 7.49. The fourth-order valence-electron chi connectivity index (χ4n) is 2.51. The lowest BCUT2D eigenvalue weighted by Gasteiger charge is -2.35. The Balaban J connectivity index is 2.28. The van der Waals surface area contributed by atoms with Gasteiger partial charge in [-0.3, -0.25) is 14.4 Å². The van der Waals surface area contributed by atoms with E-state index in [2.05, 4.69) is 10.1 Å². The molecule has 22 heavy (non-hydrogen) atoms. The van der Waals surface area contributed by atoms with Crippen molar-refractivity contribution in [1.29, 1.82) is 0 Å². The third kappa shape index (κ3) is 5.66. The van der Waals surface area contributed by atoms with Gasteiger partial charge in [0.15, 0.2) is 0 Å². The van der Waals surface area contributed by atoms with Crippen molar-refractivity contribution in [2.24, 2.45) is 11.3 Å². The number of esters is 1. The molecule has 126 valence electrons. The van der Waals surface area contributed by atoms with Crippen molar-refractivity contribution in [1.82, 2.24) is 10.2 Å². The second kappa shape index (κ2) is 8.15. The van der Waals surface area contributed by atoms with E-state index in [1.165, 1.54) is 7.11 Å². The second-order valence-electron chi connectivity index (χ2n) is 6.79. The van der Waals surface area contributed by atoms with Crippen LogP contribution in [0.4, 0.5) is 0 Å². The van der Waals surface area contributed by atoms with E-state index in [4.69, 9.17) is 0 Å². The Morgan fingerprint density at radius 1 is 1.18 bits per heavy atom. The summed E-state index contributed by atoms with van der Waals surface area (Å²) in [6.07, 6.45) is 2.30. The van der Waals surface area contributed by atoms with Crippen molar-refractivity contribution >= 4 is 17.8 Å². The first-order chi connectivity index (χ1) is 10.3. The van der Waals surface area contributed by atoms with Gasteiger partial charge >= 0.3 is 5.97 Å². The first-order valence-electron chi connectivity index (χ1n) is 7.89. The van der Waals surface area contributed by atoms with Gasteiger partial charge in [-0.2, -0.15) is 0 Å². The van der Waals surface area contributed by atoms with Gasteiger partial charge in [-0.15, -0.1) is 0 Å². The maximum Gasteiger partial charge on any atom is 0.305 e. The van der Waals surface area contributed by atoms with Crippen LogP contribution in [0.25, 0.3) is 0 Å². The number of hydrogen-bond acceptors (Lipinski definition) is 4. The van der Waals surface area contributed by atoms with Gasteiger partial charge in [0.2, 0.25) is 11.8 Å². The molecule has 0 aromatic rings. The van der Waals surface area contributed by atoms with Crippen LogP contribution in [0.15, 0.2) is 0 Å². The van der Waals surface area contributed by atoms with E-state index in [0.717, 1.165) is 0 Å². The number of piperidine rings is 1. The average Bonchev–Trinajstić information content (AvgIpc) is 2.49. The first-order valence-corrected chi connectivity index (χ1v) is 7.89. The summed E-state index contributed by atoms with van der Waals surface area (Å²) in [6, 6.07) is 0. The molecule has 1 rings (SSSR count). The van der Waals surface area contributed by atoms with Gasteiger partial charge in [-0.1, -0.05) is 20.8 Å². The van der Waals surface area contributed by atoms with Crippen LogP contribution in [0.2, 0.25) is 0 Å². The van der Waals surface area contributed by atoms with E-state index in [1.54, 1.807) is 0 Å². The van der Waals surface area contributed by atoms with Crippen LogP contribution in [-0.2, 0) is 19.1 Å². The second-order valence-corrected chi connectivity index (χ2v) is 6.79. The molecule has 1 aliphatic heterocycles. The van der Waals surface area contributed by atoms with Crippen LogP contribution in [0.3, 0.4) is 0 Å². The van der Waals surface area contributed by atoms with Gasteiger partial charge < -0.3 is 15.0 Å². The van der Waals surface area contributed by atoms with Crippen molar-refractivity contribution in [2.45, 2.75) is 46.5 Å². The molecule has 0 radical (unpaired) electrons. The molecular formula is C16H28N2O4.